The molecule has 0 saturated heterocycles. The number of hydrogen-bond donors (Lipinski definition) is 0. The third kappa shape index (κ3) is 4.69. The zero-order chi connectivity index (χ0) is 14.3. The number of alkyl halides is 1. The average Bonchev–Trinajstić information content (AvgIpc) is 2.40. The summed E-state index contributed by atoms with van der Waals surface area (Å²) in [7, 11) is -3.12. The summed E-state index contributed by atoms with van der Waals surface area (Å²) in [6, 6.07) is 7.15. The summed E-state index contributed by atoms with van der Waals surface area (Å²) in [5.74, 6) is 0.843. The van der Waals surface area contributed by atoms with E-state index in [-0.39, 0.29) is 5.75 Å². The molecule has 0 N–H and O–H groups in total. The van der Waals surface area contributed by atoms with Crippen LogP contribution in [0.4, 0.5) is 5.69 Å². The molecule has 0 spiro atoms. The minimum Gasteiger partial charge on any atom is -0.372 e. The van der Waals surface area contributed by atoms with Gasteiger partial charge in [-0.25, -0.2) is 8.42 Å². The third-order valence-electron chi connectivity index (χ3n) is 2.98. The van der Waals surface area contributed by atoms with Gasteiger partial charge in [-0.15, -0.1) is 11.6 Å². The van der Waals surface area contributed by atoms with Crippen LogP contribution in [0.25, 0.3) is 0 Å². The molecule has 5 heteroatoms. The van der Waals surface area contributed by atoms with Crippen LogP contribution in [0.15, 0.2) is 29.2 Å². The second-order valence-corrected chi connectivity index (χ2v) is 6.92. The predicted octanol–water partition coefficient (Wildman–Crippen LogP) is 3.33. The van der Waals surface area contributed by atoms with Gasteiger partial charge in [0, 0.05) is 24.7 Å². The van der Waals surface area contributed by atoms with Crippen molar-refractivity contribution in [3.05, 3.63) is 24.3 Å². The summed E-state index contributed by atoms with van der Waals surface area (Å²) in [5.41, 5.74) is 1.04. The first-order chi connectivity index (χ1) is 9.05. The molecule has 19 heavy (non-hydrogen) atoms. The van der Waals surface area contributed by atoms with Crippen LogP contribution >= 0.6 is 11.6 Å². The second kappa shape index (κ2) is 7.75. The topological polar surface area (TPSA) is 37.4 Å². The van der Waals surface area contributed by atoms with Crippen LogP contribution in [0.2, 0.25) is 0 Å². The van der Waals surface area contributed by atoms with E-state index in [4.69, 9.17) is 11.6 Å². The standard InChI is InChI=1S/C14H22ClNO2S/c1-3-12-19(17,18)14-8-6-13(7-9-14)16(4-2)11-5-10-15/h6-9H,3-5,10-12H2,1-2H3. The molecule has 0 saturated carbocycles. The number of halogens is 1. The van der Waals surface area contributed by atoms with Gasteiger partial charge in [0.05, 0.1) is 10.6 Å². The third-order valence-corrected chi connectivity index (χ3v) is 5.18. The molecule has 0 aliphatic carbocycles. The summed E-state index contributed by atoms with van der Waals surface area (Å²) >= 11 is 5.70. The van der Waals surface area contributed by atoms with Crippen LogP contribution in [-0.2, 0) is 9.84 Å². The fourth-order valence-electron chi connectivity index (χ4n) is 1.97. The lowest BCUT2D eigenvalue weighted by Crippen LogP contribution is -2.24. The Kier molecular flexibility index (Phi) is 6.66. The van der Waals surface area contributed by atoms with E-state index in [2.05, 4.69) is 11.8 Å². The van der Waals surface area contributed by atoms with Crippen molar-refractivity contribution in [2.45, 2.75) is 31.6 Å². The highest BCUT2D eigenvalue weighted by Gasteiger charge is 2.13. The lowest BCUT2D eigenvalue weighted by Gasteiger charge is -2.22. The molecule has 0 aromatic heterocycles. The van der Waals surface area contributed by atoms with Gasteiger partial charge in [0.15, 0.2) is 9.84 Å². The van der Waals surface area contributed by atoms with E-state index in [9.17, 15) is 8.42 Å². The molecule has 0 aliphatic heterocycles. The van der Waals surface area contributed by atoms with E-state index in [0.717, 1.165) is 25.2 Å². The second-order valence-electron chi connectivity index (χ2n) is 4.43. The normalized spacial score (nSPS) is 11.5. The maximum atomic E-state index is 11.9. The van der Waals surface area contributed by atoms with Crippen molar-refractivity contribution in [1.29, 1.82) is 0 Å². The molecule has 0 heterocycles. The van der Waals surface area contributed by atoms with Crippen molar-refractivity contribution in [3.63, 3.8) is 0 Å². The van der Waals surface area contributed by atoms with Gasteiger partial charge in [-0.1, -0.05) is 6.92 Å². The summed E-state index contributed by atoms with van der Waals surface area (Å²) in [6.07, 6.45) is 1.56. The fraction of sp³-hybridized carbons (Fsp3) is 0.571. The fourth-order valence-corrected chi connectivity index (χ4v) is 3.41. The molecule has 0 bridgehead atoms. The van der Waals surface area contributed by atoms with Gasteiger partial charge in [0.1, 0.15) is 0 Å². The number of benzene rings is 1. The van der Waals surface area contributed by atoms with E-state index in [1.54, 1.807) is 12.1 Å². The van der Waals surface area contributed by atoms with Crippen LogP contribution in [0, 0.1) is 0 Å². The molecule has 0 unspecified atom stereocenters. The highest BCUT2D eigenvalue weighted by atomic mass is 35.5. The summed E-state index contributed by atoms with van der Waals surface area (Å²) in [6.45, 7) is 5.73. The molecule has 0 fully saturated rings. The Morgan fingerprint density at radius 3 is 2.26 bits per heavy atom. The zero-order valence-corrected chi connectivity index (χ0v) is 13.2. The van der Waals surface area contributed by atoms with Gasteiger partial charge in [-0.2, -0.15) is 0 Å². The molecule has 1 aromatic rings. The van der Waals surface area contributed by atoms with Crippen molar-refractivity contribution in [2.75, 3.05) is 29.6 Å². The Balaban J connectivity index is 2.86. The van der Waals surface area contributed by atoms with Crippen LogP contribution in [0.5, 0.6) is 0 Å². The Bertz CT molecular complexity index is 471. The minimum atomic E-state index is -3.12. The van der Waals surface area contributed by atoms with E-state index in [1.807, 2.05) is 19.1 Å². The number of hydrogen-bond acceptors (Lipinski definition) is 3. The molecule has 0 atom stereocenters. The van der Waals surface area contributed by atoms with Crippen molar-refractivity contribution in [1.82, 2.24) is 0 Å². The van der Waals surface area contributed by atoms with E-state index in [1.165, 1.54) is 0 Å². The smallest absolute Gasteiger partial charge is 0.178 e. The molecule has 108 valence electrons. The molecule has 1 aromatic carbocycles. The van der Waals surface area contributed by atoms with Crippen molar-refractivity contribution < 1.29 is 8.42 Å². The summed E-state index contributed by atoms with van der Waals surface area (Å²) in [4.78, 5) is 2.60. The van der Waals surface area contributed by atoms with Gasteiger partial charge < -0.3 is 4.90 Å². The maximum Gasteiger partial charge on any atom is 0.178 e. The Hall–Kier alpha value is -0.740. The molecular weight excluding hydrogens is 282 g/mol. The van der Waals surface area contributed by atoms with E-state index < -0.39 is 9.84 Å². The Morgan fingerprint density at radius 1 is 1.16 bits per heavy atom. The highest BCUT2D eigenvalue weighted by Crippen LogP contribution is 2.19. The lowest BCUT2D eigenvalue weighted by atomic mass is 10.2. The number of nitrogens with zero attached hydrogens (tertiary/aromatic N) is 1. The van der Waals surface area contributed by atoms with E-state index >= 15 is 0 Å². The van der Waals surface area contributed by atoms with Gasteiger partial charge >= 0.3 is 0 Å². The zero-order valence-electron chi connectivity index (χ0n) is 11.6. The monoisotopic (exact) mass is 303 g/mol. The predicted molar refractivity (Wildman–Crippen MR) is 82.0 cm³/mol. The largest absolute Gasteiger partial charge is 0.372 e. The van der Waals surface area contributed by atoms with Crippen molar-refractivity contribution in [3.8, 4) is 0 Å². The van der Waals surface area contributed by atoms with Crippen LogP contribution in [0.1, 0.15) is 26.7 Å². The maximum absolute atomic E-state index is 11.9. The van der Waals surface area contributed by atoms with Gasteiger partial charge in [-0.05, 0) is 44.0 Å². The van der Waals surface area contributed by atoms with Crippen molar-refractivity contribution in [2.24, 2.45) is 0 Å². The average molecular weight is 304 g/mol. The summed E-state index contributed by atoms with van der Waals surface area (Å²) in [5, 5.41) is 0. The molecule has 0 aliphatic rings. The first-order valence-corrected chi connectivity index (χ1v) is 8.87. The molecule has 0 amide bonds. The lowest BCUT2D eigenvalue weighted by molar-refractivity contribution is 0.594. The summed E-state index contributed by atoms with van der Waals surface area (Å²) < 4.78 is 23.8. The SMILES string of the molecule is CCCS(=O)(=O)c1ccc(N(CC)CCCCl)cc1. The minimum absolute atomic E-state index is 0.204. The first-order valence-electron chi connectivity index (χ1n) is 6.69. The van der Waals surface area contributed by atoms with Gasteiger partial charge in [0.25, 0.3) is 0 Å². The highest BCUT2D eigenvalue weighted by molar-refractivity contribution is 7.91. The quantitative estimate of drug-likeness (QED) is 0.691. The molecule has 0 radical (unpaired) electrons. The number of sulfone groups is 1. The Labute approximate surface area is 121 Å². The van der Waals surface area contributed by atoms with Crippen LogP contribution in [-0.4, -0.2) is 33.1 Å². The number of anilines is 1. The van der Waals surface area contributed by atoms with Gasteiger partial charge in [0.2, 0.25) is 0 Å². The number of rotatable bonds is 8. The van der Waals surface area contributed by atoms with Gasteiger partial charge in [-0.3, -0.25) is 0 Å². The molecule has 1 rings (SSSR count). The molecular formula is C14H22ClNO2S. The Morgan fingerprint density at radius 2 is 1.79 bits per heavy atom. The first kappa shape index (κ1) is 16.3. The van der Waals surface area contributed by atoms with Crippen LogP contribution in [0.3, 0.4) is 0 Å². The van der Waals surface area contributed by atoms with Crippen molar-refractivity contribution >= 4 is 27.1 Å². The van der Waals surface area contributed by atoms with E-state index in [0.29, 0.717) is 17.2 Å². The van der Waals surface area contributed by atoms with Crippen LogP contribution < -0.4 is 4.90 Å². The molecule has 3 nitrogen and oxygen atoms in total.